The normalized spacial score (nSPS) is 16.0. The summed E-state index contributed by atoms with van der Waals surface area (Å²) < 4.78 is 6.32. The molecule has 1 aliphatic carbocycles. The van der Waals surface area contributed by atoms with E-state index in [1.807, 2.05) is 6.20 Å². The largest absolute Gasteiger partial charge is 0.455 e. The van der Waals surface area contributed by atoms with Crippen molar-refractivity contribution < 1.29 is 4.42 Å². The molecule has 30 heavy (non-hydrogen) atoms. The minimum absolute atomic E-state index is 0.211. The van der Waals surface area contributed by atoms with E-state index in [0.29, 0.717) is 0 Å². The molecule has 1 saturated carbocycles. The van der Waals surface area contributed by atoms with Crippen LogP contribution >= 0.6 is 0 Å². The molecule has 144 valence electrons. The summed E-state index contributed by atoms with van der Waals surface area (Å²) in [5, 5.41) is 4.41. The molecule has 0 amide bonds. The third kappa shape index (κ3) is 2.61. The van der Waals surface area contributed by atoms with Gasteiger partial charge in [-0.1, -0.05) is 56.0 Å². The van der Waals surface area contributed by atoms with Crippen molar-refractivity contribution in [1.82, 2.24) is 4.98 Å². The van der Waals surface area contributed by atoms with Crippen molar-refractivity contribution in [1.29, 1.82) is 0 Å². The Morgan fingerprint density at radius 3 is 2.60 bits per heavy atom. The molecular weight excluding hydrogens is 365 g/mol. The standard InChI is InChI=1S/C27H22BNO/c1-17-14-25-23(21-9-8-18-6-2-3-7-20(18)26(21)30-25)16-22(17)24-15-19(10-13-29-24)27(28)11-4-5-12-27/h2-3,6-10,13-16H,4-5,11-12H2,1H3. The molecule has 0 aliphatic heterocycles. The Bertz CT molecular complexity index is 1430. The van der Waals surface area contributed by atoms with E-state index >= 15 is 0 Å². The van der Waals surface area contributed by atoms with Crippen molar-refractivity contribution in [3.05, 3.63) is 78.0 Å². The molecule has 0 bridgehead atoms. The molecule has 1 aliphatic rings. The summed E-state index contributed by atoms with van der Waals surface area (Å²) in [5.74, 6) is 0. The van der Waals surface area contributed by atoms with Crippen LogP contribution in [0.25, 0.3) is 44.0 Å². The van der Waals surface area contributed by atoms with Crippen LogP contribution in [0.3, 0.4) is 0 Å². The number of rotatable bonds is 2. The molecule has 5 aromatic rings. The van der Waals surface area contributed by atoms with Gasteiger partial charge in [-0.25, -0.2) is 0 Å². The Balaban J connectivity index is 1.56. The van der Waals surface area contributed by atoms with Gasteiger partial charge in [-0.15, -0.1) is 0 Å². The van der Waals surface area contributed by atoms with Crippen LogP contribution in [0, 0.1) is 6.92 Å². The van der Waals surface area contributed by atoms with Gasteiger partial charge in [0, 0.05) is 27.9 Å². The van der Waals surface area contributed by atoms with E-state index < -0.39 is 0 Å². The molecule has 3 heteroatoms. The molecule has 2 heterocycles. The lowest BCUT2D eigenvalue weighted by molar-refractivity contribution is 0.635. The summed E-state index contributed by atoms with van der Waals surface area (Å²) in [6, 6.07) is 21.4. The predicted molar refractivity (Wildman–Crippen MR) is 125 cm³/mol. The van der Waals surface area contributed by atoms with Gasteiger partial charge in [-0.05, 0) is 59.1 Å². The van der Waals surface area contributed by atoms with Crippen LogP contribution in [0.2, 0.25) is 0 Å². The lowest BCUT2D eigenvalue weighted by Gasteiger charge is -2.25. The number of nitrogens with zero attached hydrogens (tertiary/aromatic N) is 1. The topological polar surface area (TPSA) is 26.0 Å². The molecular formula is C27H22BNO. The minimum Gasteiger partial charge on any atom is -0.455 e. The lowest BCUT2D eigenvalue weighted by atomic mass is 9.63. The van der Waals surface area contributed by atoms with Gasteiger partial charge in [0.05, 0.1) is 13.5 Å². The summed E-state index contributed by atoms with van der Waals surface area (Å²) in [4.78, 5) is 4.71. The number of benzene rings is 3. The Hall–Kier alpha value is -3.07. The van der Waals surface area contributed by atoms with Gasteiger partial charge >= 0.3 is 0 Å². The molecule has 0 spiro atoms. The van der Waals surface area contributed by atoms with Crippen LogP contribution in [0.5, 0.6) is 0 Å². The van der Waals surface area contributed by atoms with E-state index in [1.54, 1.807) is 0 Å². The fourth-order valence-electron chi connectivity index (χ4n) is 5.11. The molecule has 2 radical (unpaired) electrons. The highest BCUT2D eigenvalue weighted by Gasteiger charge is 2.30. The number of aromatic nitrogens is 1. The summed E-state index contributed by atoms with van der Waals surface area (Å²) in [6.07, 6.45) is 6.41. The van der Waals surface area contributed by atoms with Gasteiger partial charge in [0.1, 0.15) is 11.2 Å². The molecule has 6 rings (SSSR count). The van der Waals surface area contributed by atoms with E-state index in [2.05, 4.69) is 67.6 Å². The highest BCUT2D eigenvalue weighted by Crippen LogP contribution is 2.40. The molecule has 0 unspecified atom stereocenters. The van der Waals surface area contributed by atoms with Crippen molar-refractivity contribution in [3.63, 3.8) is 0 Å². The number of furan rings is 1. The third-order valence-corrected chi connectivity index (χ3v) is 6.81. The van der Waals surface area contributed by atoms with Gasteiger partial charge in [0.2, 0.25) is 0 Å². The maximum atomic E-state index is 6.72. The molecule has 1 fully saturated rings. The second-order valence-electron chi connectivity index (χ2n) is 8.72. The fraction of sp³-hybridized carbons (Fsp3) is 0.222. The number of pyridine rings is 1. The second-order valence-corrected chi connectivity index (χ2v) is 8.72. The number of hydrogen-bond acceptors (Lipinski definition) is 2. The van der Waals surface area contributed by atoms with Crippen molar-refractivity contribution >= 4 is 40.6 Å². The first-order valence-electron chi connectivity index (χ1n) is 10.7. The van der Waals surface area contributed by atoms with E-state index in [1.165, 1.54) is 23.8 Å². The van der Waals surface area contributed by atoms with Gasteiger partial charge in [-0.3, -0.25) is 4.98 Å². The van der Waals surface area contributed by atoms with E-state index in [0.717, 1.165) is 57.0 Å². The Labute approximate surface area is 177 Å². The summed E-state index contributed by atoms with van der Waals surface area (Å²) in [5.41, 5.74) is 6.36. The Kier molecular flexibility index (Phi) is 3.83. The lowest BCUT2D eigenvalue weighted by Crippen LogP contribution is -2.22. The van der Waals surface area contributed by atoms with Gasteiger partial charge in [0.15, 0.2) is 0 Å². The zero-order chi connectivity index (χ0) is 20.3. The monoisotopic (exact) mass is 387 g/mol. The summed E-state index contributed by atoms with van der Waals surface area (Å²) in [7, 11) is 6.72. The number of hydrogen-bond donors (Lipinski definition) is 0. The quantitative estimate of drug-likeness (QED) is 0.304. The Morgan fingerprint density at radius 1 is 0.900 bits per heavy atom. The maximum Gasteiger partial charge on any atom is 0.143 e. The van der Waals surface area contributed by atoms with Gasteiger partial charge in [0.25, 0.3) is 0 Å². The van der Waals surface area contributed by atoms with E-state index in [4.69, 9.17) is 17.2 Å². The zero-order valence-electron chi connectivity index (χ0n) is 17.1. The van der Waals surface area contributed by atoms with Crippen LogP contribution in [0.1, 0.15) is 36.8 Å². The molecule has 0 N–H and O–H groups in total. The van der Waals surface area contributed by atoms with Crippen LogP contribution in [0.4, 0.5) is 0 Å². The summed E-state index contributed by atoms with van der Waals surface area (Å²) in [6.45, 7) is 2.13. The predicted octanol–water partition coefficient (Wildman–Crippen LogP) is 7.05. The molecule has 0 saturated heterocycles. The van der Waals surface area contributed by atoms with Crippen LogP contribution in [0.15, 0.2) is 71.3 Å². The highest BCUT2D eigenvalue weighted by atomic mass is 16.3. The average molecular weight is 387 g/mol. The molecule has 2 aromatic heterocycles. The maximum absolute atomic E-state index is 6.72. The first-order chi connectivity index (χ1) is 14.6. The van der Waals surface area contributed by atoms with Gasteiger partial charge in [-0.2, -0.15) is 0 Å². The summed E-state index contributed by atoms with van der Waals surface area (Å²) >= 11 is 0. The van der Waals surface area contributed by atoms with Crippen molar-refractivity contribution in [2.45, 2.75) is 37.9 Å². The Morgan fingerprint density at radius 2 is 1.73 bits per heavy atom. The van der Waals surface area contributed by atoms with Crippen LogP contribution in [-0.2, 0) is 5.31 Å². The first-order valence-corrected chi connectivity index (χ1v) is 10.7. The second kappa shape index (κ2) is 6.47. The van der Waals surface area contributed by atoms with Crippen molar-refractivity contribution in [2.75, 3.05) is 0 Å². The SMILES string of the molecule is [B]C1(c2ccnc(-c3cc4c(cc3C)oc3c5ccccc5ccc43)c2)CCCC1. The fourth-order valence-corrected chi connectivity index (χ4v) is 5.11. The van der Waals surface area contributed by atoms with Crippen molar-refractivity contribution in [3.8, 4) is 11.3 Å². The van der Waals surface area contributed by atoms with Gasteiger partial charge < -0.3 is 4.42 Å². The minimum atomic E-state index is -0.211. The van der Waals surface area contributed by atoms with Crippen LogP contribution in [-0.4, -0.2) is 12.8 Å². The molecule has 2 nitrogen and oxygen atoms in total. The van der Waals surface area contributed by atoms with E-state index in [-0.39, 0.29) is 5.31 Å². The first kappa shape index (κ1) is 17.8. The molecule has 3 aromatic carbocycles. The highest BCUT2D eigenvalue weighted by molar-refractivity contribution is 6.16. The van der Waals surface area contributed by atoms with Crippen molar-refractivity contribution in [2.24, 2.45) is 0 Å². The number of aryl methyl sites for hydroxylation is 1. The number of fused-ring (bicyclic) bond motifs is 5. The van der Waals surface area contributed by atoms with Crippen LogP contribution < -0.4 is 0 Å². The molecule has 0 atom stereocenters. The van der Waals surface area contributed by atoms with E-state index in [9.17, 15) is 0 Å². The zero-order valence-corrected chi connectivity index (χ0v) is 17.1. The third-order valence-electron chi connectivity index (χ3n) is 6.81. The average Bonchev–Trinajstić information content (AvgIpc) is 3.37. The smallest absolute Gasteiger partial charge is 0.143 e.